The van der Waals surface area contributed by atoms with Crippen LogP contribution in [0.1, 0.15) is 103 Å². The lowest BCUT2D eigenvalue weighted by atomic mass is 9.53. The normalized spacial score (nSPS) is 27.3. The zero-order valence-electron chi connectivity index (χ0n) is 34.7. The fraction of sp³-hybridized carbons (Fsp3) is 0.565. The fourth-order valence-corrected chi connectivity index (χ4v) is 11.1. The van der Waals surface area contributed by atoms with Crippen LogP contribution in [0, 0.1) is 22.7 Å². The molecule has 2 saturated heterocycles. The Morgan fingerprint density at radius 1 is 0.621 bits per heavy atom. The van der Waals surface area contributed by atoms with Crippen molar-refractivity contribution < 1.29 is 29.3 Å². The summed E-state index contributed by atoms with van der Waals surface area (Å²) in [7, 11) is 0. The molecule has 2 N–H and O–H groups in total. The molecule has 0 radical (unpaired) electrons. The molecule has 308 valence electrons. The largest absolute Gasteiger partial charge is 0.444 e. The monoisotopic (exact) mass is 790 g/mol. The molecule has 2 aromatic carbocycles. The molecule has 6 heterocycles. The van der Waals surface area contributed by atoms with Gasteiger partial charge in [0.2, 0.25) is 0 Å². The molecule has 12 heteroatoms. The van der Waals surface area contributed by atoms with Crippen molar-refractivity contribution >= 4 is 12.2 Å². The lowest BCUT2D eigenvalue weighted by Gasteiger charge is -2.57. The minimum atomic E-state index is -0.480. The molecule has 4 aromatic rings. The van der Waals surface area contributed by atoms with Crippen LogP contribution in [0.5, 0.6) is 0 Å². The number of imidazole rings is 2. The maximum absolute atomic E-state index is 12.4. The van der Waals surface area contributed by atoms with Gasteiger partial charge in [0.05, 0.1) is 60.7 Å². The number of fused-ring (bicyclic) bond motifs is 6. The molecule has 2 aromatic heterocycles. The van der Waals surface area contributed by atoms with Gasteiger partial charge in [-0.15, -0.1) is 0 Å². The van der Waals surface area contributed by atoms with Gasteiger partial charge in [0.15, 0.2) is 0 Å². The van der Waals surface area contributed by atoms with Crippen molar-refractivity contribution in [1.29, 1.82) is 0 Å². The molecule has 0 unspecified atom stereocenters. The maximum Gasteiger partial charge on any atom is 0.410 e. The molecule has 2 spiro atoms. The quantitative estimate of drug-likeness (QED) is 0.211. The van der Waals surface area contributed by atoms with Crippen LogP contribution < -0.4 is 0 Å². The summed E-state index contributed by atoms with van der Waals surface area (Å²) in [6.45, 7) is 13.9. The minimum absolute atomic E-state index is 0.0819. The number of carbonyl (C=O) groups is 2. The molecule has 6 atom stereocenters. The number of rotatable bonds is 2. The average Bonchev–Trinajstić information content (AvgIpc) is 3.98. The molecule has 4 aliphatic heterocycles. The van der Waals surface area contributed by atoms with Gasteiger partial charge in [0.25, 0.3) is 0 Å². The molecule has 2 amide bonds. The molecule has 4 fully saturated rings. The smallest absolute Gasteiger partial charge is 0.410 e. The number of carbonyl (C=O) groups excluding carboxylic acids is 2. The van der Waals surface area contributed by atoms with E-state index in [0.717, 1.165) is 49.9 Å². The summed E-state index contributed by atoms with van der Waals surface area (Å²) in [5.41, 5.74) is 6.17. The van der Waals surface area contributed by atoms with Crippen LogP contribution in [0.15, 0.2) is 73.6 Å². The molecule has 0 bridgehead atoms. The van der Waals surface area contributed by atoms with Crippen molar-refractivity contribution in [3.8, 4) is 22.5 Å². The SMILES string of the molecule is CC(C)(C)OC(=O)N1CCC2(CC1)C[C@@H]([C@@H]1c3ccccc3-c3cncn31)[C@@H]2O.CC(C)(C)OC(=O)N1CCC2(CC1)C[C@H]([C@H]1c3ccccc3-c3cncn31)[C@H]2O. The van der Waals surface area contributed by atoms with E-state index in [1.165, 1.54) is 22.3 Å². The van der Waals surface area contributed by atoms with E-state index in [0.29, 0.717) is 26.2 Å². The highest BCUT2D eigenvalue weighted by atomic mass is 16.6. The Labute approximate surface area is 341 Å². The molecule has 58 heavy (non-hydrogen) atoms. The van der Waals surface area contributed by atoms with Gasteiger partial charge in [-0.2, -0.15) is 0 Å². The molecule has 12 nitrogen and oxygen atoms in total. The van der Waals surface area contributed by atoms with E-state index in [9.17, 15) is 19.8 Å². The van der Waals surface area contributed by atoms with Gasteiger partial charge < -0.3 is 38.6 Å². The third-order valence-corrected chi connectivity index (χ3v) is 14.0. The van der Waals surface area contributed by atoms with Gasteiger partial charge in [-0.25, -0.2) is 19.6 Å². The number of ether oxygens (including phenoxy) is 2. The Kier molecular flexibility index (Phi) is 9.35. The van der Waals surface area contributed by atoms with Crippen molar-refractivity contribution in [2.75, 3.05) is 26.2 Å². The van der Waals surface area contributed by atoms with Crippen LogP contribution in [0.4, 0.5) is 9.59 Å². The van der Waals surface area contributed by atoms with Crippen LogP contribution in [-0.4, -0.2) is 101 Å². The first-order valence-corrected chi connectivity index (χ1v) is 21.1. The van der Waals surface area contributed by atoms with E-state index in [-0.39, 0.29) is 59.1 Å². The Morgan fingerprint density at radius 3 is 1.33 bits per heavy atom. The highest BCUT2D eigenvalue weighted by molar-refractivity contribution is 5.71. The number of hydrogen-bond acceptors (Lipinski definition) is 8. The summed E-state index contributed by atoms with van der Waals surface area (Å²) in [5, 5.41) is 22.5. The van der Waals surface area contributed by atoms with E-state index in [4.69, 9.17) is 9.47 Å². The van der Waals surface area contributed by atoms with Crippen LogP contribution >= 0.6 is 0 Å². The molecule has 2 saturated carbocycles. The second-order valence-electron chi connectivity index (χ2n) is 19.7. The van der Waals surface area contributed by atoms with Gasteiger partial charge >= 0.3 is 12.2 Å². The van der Waals surface area contributed by atoms with E-state index >= 15 is 0 Å². The molecular formula is C46H58N6O6. The molecule has 6 aliphatic rings. The van der Waals surface area contributed by atoms with Gasteiger partial charge in [-0.05, 0) is 91.2 Å². The predicted molar refractivity (Wildman–Crippen MR) is 219 cm³/mol. The topological polar surface area (TPSA) is 135 Å². The van der Waals surface area contributed by atoms with E-state index in [1.807, 2.05) is 66.6 Å². The summed E-state index contributed by atoms with van der Waals surface area (Å²) in [6, 6.07) is 17.2. The Hall–Kier alpha value is -4.68. The van der Waals surface area contributed by atoms with Gasteiger partial charge in [0.1, 0.15) is 11.2 Å². The number of aromatic nitrogens is 4. The molecule has 10 rings (SSSR count). The second-order valence-corrected chi connectivity index (χ2v) is 19.7. The first-order chi connectivity index (χ1) is 27.6. The first kappa shape index (κ1) is 38.8. The van der Waals surface area contributed by atoms with E-state index in [2.05, 4.69) is 67.6 Å². The number of nitrogens with zero attached hydrogens (tertiary/aromatic N) is 6. The third-order valence-electron chi connectivity index (χ3n) is 14.0. The third kappa shape index (κ3) is 6.51. The fourth-order valence-electron chi connectivity index (χ4n) is 11.1. The minimum Gasteiger partial charge on any atom is -0.444 e. The number of aliphatic hydroxyl groups excluding tert-OH is 2. The summed E-state index contributed by atoms with van der Waals surface area (Å²) in [5.74, 6) is 0.361. The standard InChI is InChI=1S/2C23H29N3O3/c2*1-22(2,3)29-21(28)25-10-8-23(9-11-25)12-17(20(23)27)19-16-7-5-4-6-15(16)18-13-24-14-26(18)19/h2*4-7,13-14,17,19-20,27H,8-12H2,1-3H3/t2*17-,19-,20-/m10/s1. The van der Waals surface area contributed by atoms with Gasteiger partial charge in [-0.1, -0.05) is 48.5 Å². The number of benzene rings is 2. The van der Waals surface area contributed by atoms with E-state index < -0.39 is 11.2 Å². The summed E-state index contributed by atoms with van der Waals surface area (Å²) in [6.07, 6.45) is 11.7. The maximum atomic E-state index is 12.4. The van der Waals surface area contributed by atoms with E-state index in [1.54, 1.807) is 9.80 Å². The number of likely N-dealkylation sites (tertiary alicyclic amines) is 2. The first-order valence-electron chi connectivity index (χ1n) is 21.1. The van der Waals surface area contributed by atoms with Gasteiger partial charge in [0, 0.05) is 60.0 Å². The summed E-state index contributed by atoms with van der Waals surface area (Å²) >= 11 is 0. The molecular weight excluding hydrogens is 733 g/mol. The number of aliphatic hydroxyl groups is 2. The highest BCUT2D eigenvalue weighted by Crippen LogP contribution is 2.61. The van der Waals surface area contributed by atoms with Crippen molar-refractivity contribution in [3.63, 3.8) is 0 Å². The van der Waals surface area contributed by atoms with Crippen LogP contribution in [0.3, 0.4) is 0 Å². The van der Waals surface area contributed by atoms with Crippen molar-refractivity contribution in [2.24, 2.45) is 22.7 Å². The Bertz CT molecular complexity index is 2030. The zero-order valence-corrected chi connectivity index (χ0v) is 34.7. The summed E-state index contributed by atoms with van der Waals surface area (Å²) in [4.78, 5) is 37.0. The van der Waals surface area contributed by atoms with Crippen LogP contribution in [-0.2, 0) is 9.47 Å². The zero-order chi connectivity index (χ0) is 40.8. The van der Waals surface area contributed by atoms with Crippen molar-refractivity contribution in [2.45, 2.75) is 116 Å². The van der Waals surface area contributed by atoms with Gasteiger partial charge in [-0.3, -0.25) is 0 Å². The number of piperidine rings is 2. The van der Waals surface area contributed by atoms with Crippen LogP contribution in [0.25, 0.3) is 22.5 Å². The summed E-state index contributed by atoms with van der Waals surface area (Å²) < 4.78 is 15.5. The van der Waals surface area contributed by atoms with Crippen LogP contribution in [0.2, 0.25) is 0 Å². The predicted octanol–water partition coefficient (Wildman–Crippen LogP) is 7.70. The average molecular weight is 791 g/mol. The Morgan fingerprint density at radius 2 is 0.983 bits per heavy atom. The lowest BCUT2D eigenvalue weighted by molar-refractivity contribution is -0.156. The Balaban J connectivity index is 0.000000150. The highest BCUT2D eigenvalue weighted by Gasteiger charge is 2.59. The van der Waals surface area contributed by atoms with Crippen molar-refractivity contribution in [1.82, 2.24) is 28.9 Å². The second kappa shape index (κ2) is 14.0. The van der Waals surface area contributed by atoms with Crippen molar-refractivity contribution in [3.05, 3.63) is 84.7 Å². The molecule has 2 aliphatic carbocycles. The number of hydrogen-bond donors (Lipinski definition) is 2. The lowest BCUT2D eigenvalue weighted by Crippen LogP contribution is -2.60. The number of amides is 2.